The zero-order valence-electron chi connectivity index (χ0n) is 17.7. The standard InChI is InChI=1S/C24H25ClN4O2/c1-17-3-5-19(6-4-17)22-11-12-23(30)29(26-22)18(2)24(31)28-15-13-27(14-16-28)21-9-7-20(25)8-10-21/h3-12,18H,13-16H2,1-2H3. The van der Waals surface area contributed by atoms with E-state index in [1.807, 2.05) is 60.4 Å². The normalized spacial score (nSPS) is 15.1. The molecule has 0 bridgehead atoms. The van der Waals surface area contributed by atoms with Crippen LogP contribution in [0.15, 0.2) is 65.5 Å². The van der Waals surface area contributed by atoms with E-state index < -0.39 is 6.04 Å². The molecule has 31 heavy (non-hydrogen) atoms. The number of nitrogens with zero attached hydrogens (tertiary/aromatic N) is 4. The summed E-state index contributed by atoms with van der Waals surface area (Å²) in [4.78, 5) is 29.6. The summed E-state index contributed by atoms with van der Waals surface area (Å²) in [5.41, 5.74) is 3.55. The SMILES string of the molecule is Cc1ccc(-c2ccc(=O)n(C(C)C(=O)N3CCN(c4ccc(Cl)cc4)CC3)n2)cc1. The number of benzene rings is 2. The van der Waals surface area contributed by atoms with Gasteiger partial charge in [0, 0.05) is 48.5 Å². The molecule has 1 fully saturated rings. The van der Waals surface area contributed by atoms with Gasteiger partial charge in [0.05, 0.1) is 5.69 Å². The lowest BCUT2D eigenvalue weighted by atomic mass is 10.1. The highest BCUT2D eigenvalue weighted by Crippen LogP contribution is 2.21. The number of hydrogen-bond donors (Lipinski definition) is 0. The summed E-state index contributed by atoms with van der Waals surface area (Å²) in [7, 11) is 0. The van der Waals surface area contributed by atoms with E-state index in [1.54, 1.807) is 13.0 Å². The molecule has 2 aromatic carbocycles. The number of aromatic nitrogens is 2. The summed E-state index contributed by atoms with van der Waals surface area (Å²) in [5, 5.41) is 5.20. The Morgan fingerprint density at radius 2 is 1.58 bits per heavy atom. The topological polar surface area (TPSA) is 58.4 Å². The second-order valence-corrected chi connectivity index (χ2v) is 8.27. The number of halogens is 1. The molecule has 0 N–H and O–H groups in total. The van der Waals surface area contributed by atoms with Gasteiger partial charge in [-0.3, -0.25) is 9.59 Å². The van der Waals surface area contributed by atoms with Crippen molar-refractivity contribution in [3.8, 4) is 11.3 Å². The van der Waals surface area contributed by atoms with E-state index in [0.29, 0.717) is 23.8 Å². The largest absolute Gasteiger partial charge is 0.368 e. The summed E-state index contributed by atoms with van der Waals surface area (Å²) in [6.45, 7) is 6.40. The van der Waals surface area contributed by atoms with Gasteiger partial charge in [0.2, 0.25) is 5.91 Å². The van der Waals surface area contributed by atoms with Crippen LogP contribution in [0.2, 0.25) is 5.02 Å². The first kappa shape index (κ1) is 21.1. The van der Waals surface area contributed by atoms with E-state index in [1.165, 1.54) is 10.7 Å². The van der Waals surface area contributed by atoms with Crippen LogP contribution in [-0.4, -0.2) is 46.8 Å². The van der Waals surface area contributed by atoms with Gasteiger partial charge in [0.15, 0.2) is 0 Å². The smallest absolute Gasteiger partial charge is 0.267 e. The van der Waals surface area contributed by atoms with Gasteiger partial charge < -0.3 is 9.80 Å². The van der Waals surface area contributed by atoms with Crippen LogP contribution >= 0.6 is 11.6 Å². The second kappa shape index (κ2) is 8.94. The monoisotopic (exact) mass is 436 g/mol. The number of hydrogen-bond acceptors (Lipinski definition) is 4. The first-order chi connectivity index (χ1) is 14.9. The average Bonchev–Trinajstić information content (AvgIpc) is 2.80. The predicted molar refractivity (Wildman–Crippen MR) is 124 cm³/mol. The third-order valence-corrected chi connectivity index (χ3v) is 5.93. The van der Waals surface area contributed by atoms with Gasteiger partial charge in [-0.2, -0.15) is 5.10 Å². The Morgan fingerprint density at radius 3 is 2.23 bits per heavy atom. The van der Waals surface area contributed by atoms with Gasteiger partial charge in [-0.15, -0.1) is 0 Å². The van der Waals surface area contributed by atoms with Crippen LogP contribution < -0.4 is 10.5 Å². The molecular weight excluding hydrogens is 412 g/mol. The van der Waals surface area contributed by atoms with Gasteiger partial charge in [-0.1, -0.05) is 41.4 Å². The van der Waals surface area contributed by atoms with E-state index >= 15 is 0 Å². The Kier molecular flexibility index (Phi) is 6.09. The molecule has 0 spiro atoms. The van der Waals surface area contributed by atoms with Gasteiger partial charge in [0.25, 0.3) is 5.56 Å². The van der Waals surface area contributed by atoms with Crippen molar-refractivity contribution in [2.45, 2.75) is 19.9 Å². The highest BCUT2D eigenvalue weighted by Gasteiger charge is 2.27. The third kappa shape index (κ3) is 4.64. The quantitative estimate of drug-likeness (QED) is 0.624. The van der Waals surface area contributed by atoms with Crippen molar-refractivity contribution in [2.75, 3.05) is 31.1 Å². The molecular formula is C24H25ClN4O2. The molecule has 1 aromatic heterocycles. The van der Waals surface area contributed by atoms with Gasteiger partial charge >= 0.3 is 0 Å². The van der Waals surface area contributed by atoms with Crippen molar-refractivity contribution in [3.63, 3.8) is 0 Å². The van der Waals surface area contributed by atoms with Crippen LogP contribution in [-0.2, 0) is 4.79 Å². The van der Waals surface area contributed by atoms with E-state index in [9.17, 15) is 9.59 Å². The minimum atomic E-state index is -0.667. The van der Waals surface area contributed by atoms with Gasteiger partial charge in [-0.05, 0) is 44.2 Å². The van der Waals surface area contributed by atoms with E-state index in [-0.39, 0.29) is 11.5 Å². The van der Waals surface area contributed by atoms with E-state index in [2.05, 4.69) is 10.00 Å². The molecule has 1 aliphatic heterocycles. The van der Waals surface area contributed by atoms with Crippen LogP contribution in [0, 0.1) is 6.92 Å². The van der Waals surface area contributed by atoms with Crippen molar-refractivity contribution in [2.24, 2.45) is 0 Å². The highest BCUT2D eigenvalue weighted by atomic mass is 35.5. The number of carbonyl (C=O) groups excluding carboxylic acids is 1. The van der Waals surface area contributed by atoms with Crippen LogP contribution in [0.5, 0.6) is 0 Å². The summed E-state index contributed by atoms with van der Waals surface area (Å²) in [5.74, 6) is -0.0913. The lowest BCUT2D eigenvalue weighted by Gasteiger charge is -2.37. The van der Waals surface area contributed by atoms with Crippen molar-refractivity contribution in [3.05, 3.63) is 81.6 Å². The zero-order chi connectivity index (χ0) is 22.0. The maximum absolute atomic E-state index is 13.1. The van der Waals surface area contributed by atoms with Crippen molar-refractivity contribution < 1.29 is 4.79 Å². The molecule has 6 nitrogen and oxygen atoms in total. The lowest BCUT2D eigenvalue weighted by molar-refractivity contribution is -0.135. The lowest BCUT2D eigenvalue weighted by Crippen LogP contribution is -2.51. The van der Waals surface area contributed by atoms with Crippen LogP contribution in [0.1, 0.15) is 18.5 Å². The minimum Gasteiger partial charge on any atom is -0.368 e. The number of rotatable bonds is 4. The molecule has 7 heteroatoms. The molecule has 1 amide bonds. The molecule has 2 heterocycles. The molecule has 0 radical (unpaired) electrons. The van der Waals surface area contributed by atoms with Gasteiger partial charge in [-0.25, -0.2) is 4.68 Å². The highest BCUT2D eigenvalue weighted by molar-refractivity contribution is 6.30. The maximum atomic E-state index is 13.1. The first-order valence-corrected chi connectivity index (χ1v) is 10.8. The summed E-state index contributed by atoms with van der Waals surface area (Å²) >= 11 is 5.97. The second-order valence-electron chi connectivity index (χ2n) is 7.83. The fraction of sp³-hybridized carbons (Fsp3) is 0.292. The predicted octanol–water partition coefficient (Wildman–Crippen LogP) is 3.78. The molecule has 3 aromatic rings. The van der Waals surface area contributed by atoms with E-state index in [0.717, 1.165) is 29.9 Å². The van der Waals surface area contributed by atoms with Gasteiger partial charge in [0.1, 0.15) is 6.04 Å². The van der Waals surface area contributed by atoms with E-state index in [4.69, 9.17) is 11.6 Å². The Hall–Kier alpha value is -3.12. The molecule has 1 saturated heterocycles. The third-order valence-electron chi connectivity index (χ3n) is 5.68. The van der Waals surface area contributed by atoms with Crippen molar-refractivity contribution in [1.82, 2.24) is 14.7 Å². The Morgan fingerprint density at radius 1 is 0.935 bits per heavy atom. The molecule has 1 unspecified atom stereocenters. The molecule has 1 aliphatic rings. The minimum absolute atomic E-state index is 0.0913. The van der Waals surface area contributed by atoms with Crippen molar-refractivity contribution >= 4 is 23.2 Å². The molecule has 0 aliphatic carbocycles. The van der Waals surface area contributed by atoms with Crippen molar-refractivity contribution in [1.29, 1.82) is 0 Å². The fourth-order valence-corrected chi connectivity index (χ4v) is 3.91. The molecule has 4 rings (SSSR count). The van der Waals surface area contributed by atoms with Crippen LogP contribution in [0.25, 0.3) is 11.3 Å². The maximum Gasteiger partial charge on any atom is 0.267 e. The summed E-state index contributed by atoms with van der Waals surface area (Å²) in [6, 6.07) is 18.2. The number of carbonyl (C=O) groups is 1. The molecule has 160 valence electrons. The number of piperazine rings is 1. The Bertz CT molecular complexity index is 1120. The number of amides is 1. The fourth-order valence-electron chi connectivity index (χ4n) is 3.79. The Balaban J connectivity index is 1.47. The molecule has 0 saturated carbocycles. The molecule has 1 atom stereocenters. The summed E-state index contributed by atoms with van der Waals surface area (Å²) in [6.07, 6.45) is 0. The first-order valence-electron chi connectivity index (χ1n) is 10.4. The summed E-state index contributed by atoms with van der Waals surface area (Å²) < 4.78 is 1.29. The van der Waals surface area contributed by atoms with Crippen LogP contribution in [0.3, 0.4) is 0 Å². The number of anilines is 1. The number of aryl methyl sites for hydroxylation is 1. The Labute approximate surface area is 186 Å². The zero-order valence-corrected chi connectivity index (χ0v) is 18.4. The van der Waals surface area contributed by atoms with Crippen LogP contribution in [0.4, 0.5) is 5.69 Å². The average molecular weight is 437 g/mol.